The van der Waals surface area contributed by atoms with Gasteiger partial charge >= 0.3 is 0 Å². The van der Waals surface area contributed by atoms with Crippen molar-refractivity contribution in [2.24, 2.45) is 0 Å². The van der Waals surface area contributed by atoms with Crippen LogP contribution >= 0.6 is 0 Å². The van der Waals surface area contributed by atoms with Crippen LogP contribution in [-0.4, -0.2) is 53.0 Å². The summed E-state index contributed by atoms with van der Waals surface area (Å²) in [5.74, 6) is 2.01. The molecule has 1 aromatic heterocycles. The molecule has 1 aliphatic heterocycles. The summed E-state index contributed by atoms with van der Waals surface area (Å²) in [6.45, 7) is 8.18. The topological polar surface area (TPSA) is 56.9 Å². The van der Waals surface area contributed by atoms with E-state index in [4.69, 9.17) is 4.42 Å². The molecule has 0 amide bonds. The number of nitrogens with zero attached hydrogens (tertiary/aromatic N) is 2. The summed E-state index contributed by atoms with van der Waals surface area (Å²) in [5.41, 5.74) is 1.93. The maximum absolute atomic E-state index is 11.6. The lowest BCUT2D eigenvalue weighted by Crippen LogP contribution is -2.52. The molecule has 3 rings (SSSR count). The highest BCUT2D eigenvalue weighted by atomic mass is 16.3. The van der Waals surface area contributed by atoms with Gasteiger partial charge in [-0.25, -0.2) is 0 Å². The number of carbonyl (C=O) groups is 1. The van der Waals surface area contributed by atoms with Gasteiger partial charge in [-0.1, -0.05) is 18.2 Å². The van der Waals surface area contributed by atoms with Crippen LogP contribution in [0.1, 0.15) is 40.8 Å². The zero-order chi connectivity index (χ0) is 18.5. The molecule has 5 heteroatoms. The molecule has 1 aliphatic rings. The molecule has 0 aliphatic carbocycles. The second-order valence-corrected chi connectivity index (χ2v) is 7.14. The Morgan fingerprint density at radius 1 is 1.23 bits per heavy atom. The third kappa shape index (κ3) is 4.81. The molecule has 0 bridgehead atoms. The average Bonchev–Trinajstić information content (AvgIpc) is 3.02. The predicted molar refractivity (Wildman–Crippen MR) is 101 cm³/mol. The summed E-state index contributed by atoms with van der Waals surface area (Å²) in [6.07, 6.45) is 0.754. The average molecular weight is 356 g/mol. The molecular formula is C21H28N2O3. The zero-order valence-corrected chi connectivity index (χ0v) is 15.6. The first kappa shape index (κ1) is 18.8. The van der Waals surface area contributed by atoms with Gasteiger partial charge < -0.3 is 9.52 Å². The van der Waals surface area contributed by atoms with Crippen LogP contribution in [0.3, 0.4) is 0 Å². The number of hydrogen-bond donors (Lipinski definition) is 1. The van der Waals surface area contributed by atoms with E-state index in [1.807, 2.05) is 37.3 Å². The van der Waals surface area contributed by atoms with Gasteiger partial charge in [0.05, 0.1) is 6.54 Å². The van der Waals surface area contributed by atoms with E-state index in [9.17, 15) is 9.90 Å². The fraction of sp³-hybridized carbons (Fsp3) is 0.476. The first-order valence-electron chi connectivity index (χ1n) is 9.27. The molecule has 1 atom stereocenters. The smallest absolute Gasteiger partial charge is 0.159 e. The van der Waals surface area contributed by atoms with Crippen LogP contribution in [-0.2, 0) is 13.1 Å². The van der Waals surface area contributed by atoms with Crippen LogP contribution in [0.5, 0.6) is 0 Å². The highest BCUT2D eigenvalue weighted by molar-refractivity contribution is 5.94. The van der Waals surface area contributed by atoms with Crippen LogP contribution in [0.15, 0.2) is 40.8 Å². The molecule has 1 N–H and O–H groups in total. The number of aryl methyl sites for hydroxylation is 1. The first-order valence-corrected chi connectivity index (χ1v) is 9.27. The van der Waals surface area contributed by atoms with Crippen molar-refractivity contribution in [3.8, 4) is 0 Å². The van der Waals surface area contributed by atoms with Crippen LogP contribution in [0, 0.1) is 6.92 Å². The monoisotopic (exact) mass is 356 g/mol. The number of rotatable bonds is 7. The number of aliphatic hydroxyl groups excluding tert-OH is 1. The van der Waals surface area contributed by atoms with E-state index < -0.39 is 0 Å². The number of hydrogen-bond acceptors (Lipinski definition) is 5. The minimum Gasteiger partial charge on any atom is -0.465 e. The highest BCUT2D eigenvalue weighted by Gasteiger charge is 2.27. The molecule has 140 valence electrons. The van der Waals surface area contributed by atoms with E-state index in [2.05, 4.69) is 15.9 Å². The maximum atomic E-state index is 11.6. The number of aliphatic hydroxyl groups is 1. The molecular weight excluding hydrogens is 328 g/mol. The highest BCUT2D eigenvalue weighted by Crippen LogP contribution is 2.20. The lowest BCUT2D eigenvalue weighted by Gasteiger charge is -2.41. The van der Waals surface area contributed by atoms with E-state index >= 15 is 0 Å². The van der Waals surface area contributed by atoms with E-state index in [0.29, 0.717) is 6.04 Å². The molecule has 1 saturated heterocycles. The predicted octanol–water partition coefficient (Wildman–Crippen LogP) is 2.86. The second kappa shape index (κ2) is 8.62. The molecule has 0 saturated carbocycles. The summed E-state index contributed by atoms with van der Waals surface area (Å²) >= 11 is 0. The summed E-state index contributed by atoms with van der Waals surface area (Å²) in [7, 11) is 0. The Morgan fingerprint density at radius 2 is 2.08 bits per heavy atom. The summed E-state index contributed by atoms with van der Waals surface area (Å²) < 4.78 is 5.72. The minimum absolute atomic E-state index is 0.101. The van der Waals surface area contributed by atoms with Gasteiger partial charge in [-0.05, 0) is 44.0 Å². The number of piperazine rings is 1. The second-order valence-electron chi connectivity index (χ2n) is 7.14. The van der Waals surface area contributed by atoms with Crippen molar-refractivity contribution in [3.63, 3.8) is 0 Å². The van der Waals surface area contributed by atoms with E-state index in [0.717, 1.165) is 61.8 Å². The number of benzene rings is 1. The normalized spacial score (nSPS) is 19.0. The molecule has 26 heavy (non-hydrogen) atoms. The van der Waals surface area contributed by atoms with Gasteiger partial charge in [0.15, 0.2) is 5.78 Å². The Kier molecular flexibility index (Phi) is 6.25. The molecule has 1 fully saturated rings. The van der Waals surface area contributed by atoms with E-state index in [-0.39, 0.29) is 12.4 Å². The minimum atomic E-state index is 0.101. The summed E-state index contributed by atoms with van der Waals surface area (Å²) in [6, 6.07) is 12.2. The number of furan rings is 1. The van der Waals surface area contributed by atoms with Crippen molar-refractivity contribution in [1.82, 2.24) is 9.80 Å². The van der Waals surface area contributed by atoms with Gasteiger partial charge in [0.1, 0.15) is 11.5 Å². The van der Waals surface area contributed by atoms with Crippen molar-refractivity contribution >= 4 is 5.78 Å². The van der Waals surface area contributed by atoms with Crippen molar-refractivity contribution in [2.45, 2.75) is 39.4 Å². The molecule has 5 nitrogen and oxygen atoms in total. The Balaban J connectivity index is 1.63. The fourth-order valence-corrected chi connectivity index (χ4v) is 3.65. The van der Waals surface area contributed by atoms with Gasteiger partial charge in [-0.15, -0.1) is 0 Å². The van der Waals surface area contributed by atoms with Crippen LogP contribution in [0.4, 0.5) is 0 Å². The molecule has 2 aromatic rings. The van der Waals surface area contributed by atoms with Crippen molar-refractivity contribution in [3.05, 3.63) is 59.0 Å². The quantitative estimate of drug-likeness (QED) is 0.773. The first-order chi connectivity index (χ1) is 12.5. The Morgan fingerprint density at radius 3 is 2.77 bits per heavy atom. The Labute approximate surface area is 155 Å². The van der Waals surface area contributed by atoms with Crippen LogP contribution in [0.2, 0.25) is 0 Å². The van der Waals surface area contributed by atoms with Gasteiger partial charge in [0, 0.05) is 44.4 Å². The van der Waals surface area contributed by atoms with Crippen molar-refractivity contribution in [1.29, 1.82) is 0 Å². The molecule has 1 unspecified atom stereocenters. The van der Waals surface area contributed by atoms with Gasteiger partial charge in [0.2, 0.25) is 0 Å². The Hall–Kier alpha value is -1.95. The molecule has 1 aromatic carbocycles. The third-order valence-electron chi connectivity index (χ3n) is 5.05. The number of ketones is 1. The Bertz CT molecular complexity index is 740. The lowest BCUT2D eigenvalue weighted by atomic mass is 10.1. The number of carbonyl (C=O) groups excluding carboxylic acids is 1. The van der Waals surface area contributed by atoms with Crippen molar-refractivity contribution < 1.29 is 14.3 Å². The lowest BCUT2D eigenvalue weighted by molar-refractivity contribution is 0.0454. The zero-order valence-electron chi connectivity index (χ0n) is 15.6. The summed E-state index contributed by atoms with van der Waals surface area (Å²) in [5, 5.41) is 9.47. The number of Topliss-reactive ketones (excluding diaryl/α,β-unsaturated/α-hetero) is 1. The molecule has 0 spiro atoms. The third-order valence-corrected chi connectivity index (χ3v) is 5.05. The SMILES string of the molecule is CC(=O)c1cccc(CN2CCN(Cc3ccc(C)o3)C(CCO)C2)c1. The maximum Gasteiger partial charge on any atom is 0.159 e. The standard InChI is InChI=1S/C21H28N2O3/c1-16-6-7-21(26-16)15-23-10-9-22(14-20(23)8-11-24)13-18-4-3-5-19(12-18)17(2)25/h3-7,12,20,24H,8-11,13-15H2,1-2H3. The molecule has 2 heterocycles. The van der Waals surface area contributed by atoms with E-state index in [1.165, 1.54) is 0 Å². The fourth-order valence-electron chi connectivity index (χ4n) is 3.65. The van der Waals surface area contributed by atoms with Crippen LogP contribution < -0.4 is 0 Å². The van der Waals surface area contributed by atoms with Crippen molar-refractivity contribution in [2.75, 3.05) is 26.2 Å². The van der Waals surface area contributed by atoms with Gasteiger partial charge in [0.25, 0.3) is 0 Å². The van der Waals surface area contributed by atoms with Gasteiger partial charge in [-0.3, -0.25) is 14.6 Å². The van der Waals surface area contributed by atoms with E-state index in [1.54, 1.807) is 6.92 Å². The largest absolute Gasteiger partial charge is 0.465 e. The molecule has 0 radical (unpaired) electrons. The van der Waals surface area contributed by atoms with Crippen LogP contribution in [0.25, 0.3) is 0 Å². The summed E-state index contributed by atoms with van der Waals surface area (Å²) in [4.78, 5) is 16.4. The van der Waals surface area contributed by atoms with Gasteiger partial charge in [-0.2, -0.15) is 0 Å².